The summed E-state index contributed by atoms with van der Waals surface area (Å²) in [4.78, 5) is 14.4. The summed E-state index contributed by atoms with van der Waals surface area (Å²) in [5.74, 6) is 0.202. The van der Waals surface area contributed by atoms with Crippen LogP contribution in [0.4, 0.5) is 0 Å². The number of aryl methyl sites for hydroxylation is 1. The molecule has 8 heteroatoms. The van der Waals surface area contributed by atoms with Gasteiger partial charge in [0.05, 0.1) is 37.3 Å². The second kappa shape index (κ2) is 9.10. The van der Waals surface area contributed by atoms with Gasteiger partial charge in [0.25, 0.3) is 0 Å². The average molecular weight is 339 g/mol. The summed E-state index contributed by atoms with van der Waals surface area (Å²) in [7, 11) is 1.89. The van der Waals surface area contributed by atoms with E-state index in [4.69, 9.17) is 4.74 Å². The number of hydrogen-bond acceptors (Lipinski definition) is 6. The molecule has 3 atom stereocenters. The van der Waals surface area contributed by atoms with E-state index >= 15 is 0 Å². The predicted octanol–water partition coefficient (Wildman–Crippen LogP) is 0.0220. The molecule has 2 rings (SSSR count). The zero-order chi connectivity index (χ0) is 17.5. The van der Waals surface area contributed by atoms with E-state index in [0.717, 1.165) is 5.69 Å². The number of rotatable bonds is 4. The van der Waals surface area contributed by atoms with E-state index in [2.05, 4.69) is 22.6 Å². The van der Waals surface area contributed by atoms with Crippen molar-refractivity contribution in [3.8, 4) is 0 Å². The fourth-order valence-electron chi connectivity index (χ4n) is 2.97. The molecule has 2 N–H and O–H groups in total. The second-order valence-corrected chi connectivity index (χ2v) is 6.51. The van der Waals surface area contributed by atoms with Gasteiger partial charge in [-0.3, -0.25) is 4.79 Å². The molecule has 1 aromatic rings. The Bertz CT molecular complexity index is 522. The predicted molar refractivity (Wildman–Crippen MR) is 89.2 cm³/mol. The molecule has 0 aliphatic carbocycles. The number of fused-ring (bicyclic) bond motifs is 1. The number of ether oxygens (including phenoxy) is 1. The molecule has 136 valence electrons. The first-order chi connectivity index (χ1) is 11.6. The molecule has 0 spiro atoms. The van der Waals surface area contributed by atoms with E-state index in [1.807, 2.05) is 14.0 Å². The van der Waals surface area contributed by atoms with E-state index < -0.39 is 0 Å². The maximum absolute atomic E-state index is 12.6. The van der Waals surface area contributed by atoms with Crippen LogP contribution in [0.2, 0.25) is 0 Å². The van der Waals surface area contributed by atoms with Crippen LogP contribution in [-0.4, -0.2) is 69.8 Å². The Morgan fingerprint density at radius 1 is 1.54 bits per heavy atom. The lowest BCUT2D eigenvalue weighted by atomic mass is 10.0. The van der Waals surface area contributed by atoms with Crippen molar-refractivity contribution >= 4 is 5.91 Å². The van der Waals surface area contributed by atoms with Crippen LogP contribution in [0, 0.1) is 5.92 Å². The first-order valence-electron chi connectivity index (χ1n) is 8.60. The monoisotopic (exact) mass is 339 g/mol. The maximum Gasteiger partial charge on any atom is 0.222 e. The van der Waals surface area contributed by atoms with Crippen molar-refractivity contribution in [1.29, 1.82) is 0 Å². The SMILES string of the molecule is CNC[C@@H]1OCc2cnnn2CCCC(=O)N([C@@H](C)CO)C[C@H]1C. The standard InChI is InChI=1S/C16H29N5O3/c1-12-9-20(13(2)10-22)16(23)5-4-6-21-14(7-18-19-21)11-24-15(12)8-17-3/h7,12-13,15,17,22H,4-6,8-11H2,1-3H3/t12-,13+,15+/m1/s1. The molecule has 0 unspecified atom stereocenters. The highest BCUT2D eigenvalue weighted by molar-refractivity contribution is 5.76. The topological polar surface area (TPSA) is 92.5 Å². The summed E-state index contributed by atoms with van der Waals surface area (Å²) in [6.07, 6.45) is 2.81. The van der Waals surface area contributed by atoms with Crippen molar-refractivity contribution in [2.45, 2.75) is 52.0 Å². The molecule has 1 aliphatic heterocycles. The molecule has 0 aromatic carbocycles. The minimum atomic E-state index is -0.194. The lowest BCUT2D eigenvalue weighted by Gasteiger charge is -2.34. The number of amides is 1. The van der Waals surface area contributed by atoms with Crippen molar-refractivity contribution in [2.75, 3.05) is 26.7 Å². The number of aromatic nitrogens is 3. The summed E-state index contributed by atoms with van der Waals surface area (Å²) >= 11 is 0. The Morgan fingerprint density at radius 2 is 2.33 bits per heavy atom. The van der Waals surface area contributed by atoms with Gasteiger partial charge in [0.15, 0.2) is 0 Å². The molecule has 24 heavy (non-hydrogen) atoms. The summed E-state index contributed by atoms with van der Waals surface area (Å²) in [6.45, 7) is 6.27. The zero-order valence-corrected chi connectivity index (χ0v) is 14.8. The largest absolute Gasteiger partial charge is 0.394 e. The smallest absolute Gasteiger partial charge is 0.222 e. The van der Waals surface area contributed by atoms with Crippen LogP contribution in [0.5, 0.6) is 0 Å². The van der Waals surface area contributed by atoms with Crippen LogP contribution >= 0.6 is 0 Å². The van der Waals surface area contributed by atoms with Gasteiger partial charge in [-0.15, -0.1) is 5.10 Å². The maximum atomic E-state index is 12.6. The van der Waals surface area contributed by atoms with Gasteiger partial charge < -0.3 is 20.1 Å². The van der Waals surface area contributed by atoms with E-state index in [0.29, 0.717) is 39.1 Å². The lowest BCUT2D eigenvalue weighted by molar-refractivity contribution is -0.136. The van der Waals surface area contributed by atoms with Gasteiger partial charge in [0.2, 0.25) is 5.91 Å². The zero-order valence-electron chi connectivity index (χ0n) is 14.8. The molecule has 0 saturated carbocycles. The van der Waals surface area contributed by atoms with E-state index in [9.17, 15) is 9.90 Å². The quantitative estimate of drug-likeness (QED) is 0.804. The van der Waals surface area contributed by atoms with Crippen LogP contribution in [0.25, 0.3) is 0 Å². The molecule has 0 bridgehead atoms. The number of nitrogens with zero attached hydrogens (tertiary/aromatic N) is 4. The van der Waals surface area contributed by atoms with Gasteiger partial charge >= 0.3 is 0 Å². The Kier molecular flexibility index (Phi) is 7.14. The van der Waals surface area contributed by atoms with Crippen molar-refractivity contribution in [1.82, 2.24) is 25.2 Å². The Balaban J connectivity index is 2.20. The molecule has 1 amide bonds. The van der Waals surface area contributed by atoms with Crippen molar-refractivity contribution in [2.24, 2.45) is 5.92 Å². The van der Waals surface area contributed by atoms with E-state index in [1.165, 1.54) is 0 Å². The molecular weight excluding hydrogens is 310 g/mol. The lowest BCUT2D eigenvalue weighted by Crippen LogP contribution is -2.47. The normalized spacial score (nSPS) is 24.8. The Labute approximate surface area is 143 Å². The number of hydrogen-bond donors (Lipinski definition) is 2. The summed E-state index contributed by atoms with van der Waals surface area (Å²) in [6, 6.07) is -0.194. The summed E-state index contributed by atoms with van der Waals surface area (Å²) < 4.78 is 7.89. The van der Waals surface area contributed by atoms with Crippen LogP contribution in [0.15, 0.2) is 6.20 Å². The van der Waals surface area contributed by atoms with Crippen LogP contribution in [0.3, 0.4) is 0 Å². The molecule has 0 radical (unpaired) electrons. The van der Waals surface area contributed by atoms with Gasteiger partial charge in [-0.05, 0) is 20.4 Å². The fourth-order valence-corrected chi connectivity index (χ4v) is 2.97. The summed E-state index contributed by atoms with van der Waals surface area (Å²) in [5.41, 5.74) is 0.928. The Hall–Kier alpha value is -1.51. The molecular formula is C16H29N5O3. The van der Waals surface area contributed by atoms with Gasteiger partial charge in [0, 0.05) is 32.0 Å². The molecule has 8 nitrogen and oxygen atoms in total. The number of nitrogens with one attached hydrogen (secondary N) is 1. The van der Waals surface area contributed by atoms with Gasteiger partial charge in [-0.2, -0.15) is 0 Å². The minimum absolute atomic E-state index is 0.0385. The third-order valence-electron chi connectivity index (χ3n) is 4.55. The average Bonchev–Trinajstić information content (AvgIpc) is 3.01. The van der Waals surface area contributed by atoms with Gasteiger partial charge in [0.1, 0.15) is 0 Å². The third kappa shape index (κ3) is 4.75. The Morgan fingerprint density at radius 3 is 3.04 bits per heavy atom. The van der Waals surface area contributed by atoms with Gasteiger partial charge in [-0.1, -0.05) is 12.1 Å². The van der Waals surface area contributed by atoms with E-state index in [1.54, 1.807) is 15.8 Å². The van der Waals surface area contributed by atoms with E-state index in [-0.39, 0.29) is 30.6 Å². The van der Waals surface area contributed by atoms with Crippen molar-refractivity contribution in [3.05, 3.63) is 11.9 Å². The highest BCUT2D eigenvalue weighted by atomic mass is 16.5. The number of carbonyl (C=O) groups excluding carboxylic acids is 1. The molecule has 2 heterocycles. The number of carbonyl (C=O) groups is 1. The fraction of sp³-hybridized carbons (Fsp3) is 0.812. The first kappa shape index (κ1) is 18.8. The molecule has 0 fully saturated rings. The molecule has 1 aliphatic rings. The number of likely N-dealkylation sites (N-methyl/N-ethyl adjacent to an activating group) is 1. The van der Waals surface area contributed by atoms with Gasteiger partial charge in [-0.25, -0.2) is 4.68 Å². The highest BCUT2D eigenvalue weighted by Gasteiger charge is 2.27. The van der Waals surface area contributed by atoms with Crippen LogP contribution in [0.1, 0.15) is 32.4 Å². The third-order valence-corrected chi connectivity index (χ3v) is 4.55. The van der Waals surface area contributed by atoms with Crippen molar-refractivity contribution < 1.29 is 14.6 Å². The van der Waals surface area contributed by atoms with Crippen LogP contribution in [-0.2, 0) is 22.7 Å². The minimum Gasteiger partial charge on any atom is -0.394 e. The van der Waals surface area contributed by atoms with Crippen LogP contribution < -0.4 is 5.32 Å². The second-order valence-electron chi connectivity index (χ2n) is 6.51. The number of aliphatic hydroxyl groups excluding tert-OH is 1. The van der Waals surface area contributed by atoms with Crippen molar-refractivity contribution in [3.63, 3.8) is 0 Å². The summed E-state index contributed by atoms with van der Waals surface area (Å²) in [5, 5.41) is 20.7. The molecule has 1 aromatic heterocycles. The highest BCUT2D eigenvalue weighted by Crippen LogP contribution is 2.17. The molecule has 0 saturated heterocycles. The first-order valence-corrected chi connectivity index (χ1v) is 8.60. The number of aliphatic hydroxyl groups is 1.